The van der Waals surface area contributed by atoms with Crippen LogP contribution in [0.1, 0.15) is 65.5 Å². The van der Waals surface area contributed by atoms with E-state index in [-0.39, 0.29) is 0 Å². The summed E-state index contributed by atoms with van der Waals surface area (Å²) in [5.41, 5.74) is 16.6. The van der Waals surface area contributed by atoms with Gasteiger partial charge in [0.15, 0.2) is 0 Å². The van der Waals surface area contributed by atoms with Crippen LogP contribution in [0.3, 0.4) is 0 Å². The van der Waals surface area contributed by atoms with Crippen molar-refractivity contribution in [3.05, 3.63) is 81.2 Å². The molecule has 0 bridgehead atoms. The van der Waals surface area contributed by atoms with Gasteiger partial charge in [0.2, 0.25) is 0 Å². The van der Waals surface area contributed by atoms with Crippen LogP contribution in [0, 0.1) is 13.8 Å². The summed E-state index contributed by atoms with van der Waals surface area (Å²) in [6, 6.07) is 12.2. The minimum absolute atomic E-state index is 0.557. The Morgan fingerprint density at radius 3 is 1.38 bits per heavy atom. The zero-order chi connectivity index (χ0) is 23.1. The molecule has 5 heteroatoms. The van der Waals surface area contributed by atoms with E-state index in [1.54, 1.807) is 0 Å². The van der Waals surface area contributed by atoms with Gasteiger partial charge in [-0.05, 0) is 90.8 Å². The minimum atomic E-state index is 0.557. The molecule has 0 radical (unpaired) electrons. The van der Waals surface area contributed by atoms with Gasteiger partial charge < -0.3 is 16.4 Å². The Morgan fingerprint density at radius 2 is 1.03 bits per heavy atom. The Bertz CT molecular complexity index is 979. The predicted molar refractivity (Wildman–Crippen MR) is 135 cm³/mol. The molecule has 0 atom stereocenters. The zero-order valence-corrected chi connectivity index (χ0v) is 20.2. The van der Waals surface area contributed by atoms with Gasteiger partial charge in [0.25, 0.3) is 0 Å². The fourth-order valence-corrected chi connectivity index (χ4v) is 4.69. The lowest BCUT2D eigenvalue weighted by atomic mass is 9.83. The lowest BCUT2D eigenvalue weighted by molar-refractivity contribution is 0.869. The first-order chi connectivity index (χ1) is 15.5. The van der Waals surface area contributed by atoms with E-state index >= 15 is 0 Å². The Morgan fingerprint density at radius 1 is 0.625 bits per heavy atom. The van der Waals surface area contributed by atoms with Crippen LogP contribution in [-0.4, -0.2) is 9.97 Å². The second-order valence-corrected chi connectivity index (χ2v) is 8.17. The fraction of sp³-hybridized carbons (Fsp3) is 0.407. The summed E-state index contributed by atoms with van der Waals surface area (Å²) in [7, 11) is 0. The van der Waals surface area contributed by atoms with Gasteiger partial charge in [-0.25, -0.2) is 9.97 Å². The number of aromatic nitrogens is 2. The highest BCUT2D eigenvalue weighted by Gasteiger charge is 2.20. The van der Waals surface area contributed by atoms with Crippen molar-refractivity contribution in [1.82, 2.24) is 9.97 Å². The number of benzene rings is 1. The molecule has 0 unspecified atom stereocenters. The standard InChI is InChI=1S/C27H37N5/c1-6-20-23(15-28)21(7-2)25(17-30-27-14-10-12-19(5)32-27)22(8-3)24(20)16-29-26-13-9-11-18(4)31-26/h9-14H,6-8,15-17,28H2,1-5H3,(H,29,31)(H,30,32). The van der Waals surface area contributed by atoms with Gasteiger partial charge in [0, 0.05) is 31.0 Å². The molecule has 0 amide bonds. The highest BCUT2D eigenvalue weighted by atomic mass is 15.0. The maximum atomic E-state index is 6.32. The van der Waals surface area contributed by atoms with Gasteiger partial charge in [0.1, 0.15) is 11.6 Å². The Kier molecular flexibility index (Phi) is 8.23. The summed E-state index contributed by atoms with van der Waals surface area (Å²) in [4.78, 5) is 9.25. The predicted octanol–water partition coefficient (Wildman–Crippen LogP) is 5.46. The number of hydrogen-bond donors (Lipinski definition) is 3. The summed E-state index contributed by atoms with van der Waals surface area (Å²) in [6.07, 6.45) is 2.91. The molecule has 2 heterocycles. The van der Waals surface area contributed by atoms with Gasteiger partial charge >= 0.3 is 0 Å². The number of anilines is 2. The minimum Gasteiger partial charge on any atom is -0.366 e. The van der Waals surface area contributed by atoms with Gasteiger partial charge in [-0.1, -0.05) is 32.9 Å². The third kappa shape index (κ3) is 5.28. The summed E-state index contributed by atoms with van der Waals surface area (Å²) in [6.45, 7) is 12.8. The molecule has 0 saturated carbocycles. The van der Waals surface area contributed by atoms with E-state index in [1.165, 1.54) is 33.4 Å². The van der Waals surface area contributed by atoms with Crippen LogP contribution < -0.4 is 16.4 Å². The third-order valence-electron chi connectivity index (χ3n) is 6.12. The average Bonchev–Trinajstić information content (AvgIpc) is 2.80. The van der Waals surface area contributed by atoms with Crippen LogP contribution in [-0.2, 0) is 38.9 Å². The molecule has 0 aliphatic heterocycles. The molecule has 4 N–H and O–H groups in total. The van der Waals surface area contributed by atoms with Crippen molar-refractivity contribution in [2.45, 2.75) is 73.5 Å². The second kappa shape index (κ2) is 11.1. The number of nitrogens with two attached hydrogens (primary N) is 1. The molecule has 3 aromatic rings. The number of nitrogens with zero attached hydrogens (tertiary/aromatic N) is 2. The van der Waals surface area contributed by atoms with Crippen molar-refractivity contribution in [2.75, 3.05) is 10.6 Å². The van der Waals surface area contributed by atoms with Gasteiger partial charge in [-0.15, -0.1) is 0 Å². The molecule has 0 saturated heterocycles. The zero-order valence-electron chi connectivity index (χ0n) is 20.2. The first kappa shape index (κ1) is 23.7. The fourth-order valence-electron chi connectivity index (χ4n) is 4.69. The molecule has 32 heavy (non-hydrogen) atoms. The number of pyridine rings is 2. The number of hydrogen-bond acceptors (Lipinski definition) is 5. The normalized spacial score (nSPS) is 10.9. The lowest BCUT2D eigenvalue weighted by Gasteiger charge is -2.26. The first-order valence-electron chi connectivity index (χ1n) is 11.7. The van der Waals surface area contributed by atoms with E-state index in [0.29, 0.717) is 6.54 Å². The van der Waals surface area contributed by atoms with Crippen molar-refractivity contribution in [2.24, 2.45) is 5.73 Å². The van der Waals surface area contributed by atoms with Crippen molar-refractivity contribution in [1.29, 1.82) is 0 Å². The van der Waals surface area contributed by atoms with E-state index in [9.17, 15) is 0 Å². The molecule has 5 nitrogen and oxygen atoms in total. The van der Waals surface area contributed by atoms with Crippen molar-refractivity contribution in [3.8, 4) is 0 Å². The molecule has 1 aromatic carbocycles. The van der Waals surface area contributed by atoms with E-state index in [2.05, 4.69) is 41.4 Å². The molecular formula is C27H37N5. The summed E-state index contributed by atoms with van der Waals surface area (Å²) in [5.74, 6) is 1.82. The maximum Gasteiger partial charge on any atom is 0.126 e. The molecule has 0 spiro atoms. The smallest absolute Gasteiger partial charge is 0.126 e. The maximum absolute atomic E-state index is 6.32. The largest absolute Gasteiger partial charge is 0.366 e. The number of rotatable bonds is 10. The van der Waals surface area contributed by atoms with E-state index in [4.69, 9.17) is 5.73 Å². The Labute approximate surface area is 192 Å². The van der Waals surface area contributed by atoms with E-state index in [0.717, 1.165) is 55.4 Å². The van der Waals surface area contributed by atoms with E-state index < -0.39 is 0 Å². The van der Waals surface area contributed by atoms with Crippen molar-refractivity contribution in [3.63, 3.8) is 0 Å². The molecule has 2 aromatic heterocycles. The Hall–Kier alpha value is -2.92. The molecule has 0 aliphatic rings. The van der Waals surface area contributed by atoms with Crippen LogP contribution in [0.15, 0.2) is 36.4 Å². The quantitative estimate of drug-likeness (QED) is 0.397. The van der Waals surface area contributed by atoms with Crippen LogP contribution in [0.4, 0.5) is 11.6 Å². The highest BCUT2D eigenvalue weighted by Crippen LogP contribution is 2.31. The van der Waals surface area contributed by atoms with Gasteiger partial charge in [0.05, 0.1) is 0 Å². The topological polar surface area (TPSA) is 75.9 Å². The van der Waals surface area contributed by atoms with Gasteiger partial charge in [-0.3, -0.25) is 0 Å². The van der Waals surface area contributed by atoms with Crippen molar-refractivity contribution < 1.29 is 0 Å². The SMILES string of the molecule is CCc1c(CN)c(CC)c(CNc2cccc(C)n2)c(CC)c1CNc1cccc(C)n1. The molecule has 0 aliphatic carbocycles. The number of nitrogens with one attached hydrogen (secondary N) is 2. The number of aryl methyl sites for hydroxylation is 2. The third-order valence-corrected chi connectivity index (χ3v) is 6.12. The van der Waals surface area contributed by atoms with E-state index in [1.807, 2.05) is 50.2 Å². The van der Waals surface area contributed by atoms with Crippen LogP contribution in [0.2, 0.25) is 0 Å². The Balaban J connectivity index is 2.04. The van der Waals surface area contributed by atoms with Crippen molar-refractivity contribution >= 4 is 11.6 Å². The molecule has 170 valence electrons. The molecule has 3 rings (SSSR count). The summed E-state index contributed by atoms with van der Waals surface area (Å²) >= 11 is 0. The molecule has 0 fully saturated rings. The summed E-state index contributed by atoms with van der Waals surface area (Å²) < 4.78 is 0. The van der Waals surface area contributed by atoms with Crippen LogP contribution in [0.25, 0.3) is 0 Å². The molecular weight excluding hydrogens is 394 g/mol. The highest BCUT2D eigenvalue weighted by molar-refractivity contribution is 5.55. The lowest BCUT2D eigenvalue weighted by Crippen LogP contribution is -2.19. The van der Waals surface area contributed by atoms with Gasteiger partial charge in [-0.2, -0.15) is 0 Å². The second-order valence-electron chi connectivity index (χ2n) is 8.17. The summed E-state index contributed by atoms with van der Waals surface area (Å²) in [5, 5.41) is 7.13. The van der Waals surface area contributed by atoms with Crippen LogP contribution >= 0.6 is 0 Å². The first-order valence-corrected chi connectivity index (χ1v) is 11.7. The monoisotopic (exact) mass is 431 g/mol. The average molecular weight is 432 g/mol. The van der Waals surface area contributed by atoms with Crippen LogP contribution in [0.5, 0.6) is 0 Å².